The van der Waals surface area contributed by atoms with E-state index in [0.717, 1.165) is 22.3 Å². The fourth-order valence-corrected chi connectivity index (χ4v) is 3.26. The highest BCUT2D eigenvalue weighted by Gasteiger charge is 2.29. The monoisotopic (exact) mass is 386 g/mol. The number of nitrogen functional groups attached to an aromatic ring is 1. The van der Waals surface area contributed by atoms with Crippen molar-refractivity contribution in [1.82, 2.24) is 4.98 Å². The Labute approximate surface area is 168 Å². The number of carbonyl (C=O) groups is 1. The maximum Gasteiger partial charge on any atom is 0.344 e. The number of nitrogens with two attached hydrogens (primary N) is 1. The van der Waals surface area contributed by atoms with Crippen LogP contribution in [0.15, 0.2) is 29.8 Å². The Morgan fingerprint density at radius 1 is 1.24 bits per heavy atom. The maximum atomic E-state index is 10.9. The molecule has 3 rings (SSSR count). The van der Waals surface area contributed by atoms with Crippen LogP contribution in [0.25, 0.3) is 17.2 Å². The first-order valence-electron chi connectivity index (χ1n) is 8.82. The molecule has 2 aromatic rings. The number of pyridine rings is 1. The number of benzene rings is 1. The normalized spacial score (nSPS) is 14.9. The summed E-state index contributed by atoms with van der Waals surface area (Å²) in [6, 6.07) is 11.2. The molecule has 1 aliphatic rings. The van der Waals surface area contributed by atoms with Gasteiger partial charge in [0.15, 0.2) is 6.10 Å². The molecule has 1 heterocycles. The quantitative estimate of drug-likeness (QED) is 0.821. The number of fused-ring (bicyclic) bond motifs is 1. The second-order valence-corrected chi connectivity index (χ2v) is 6.67. The summed E-state index contributed by atoms with van der Waals surface area (Å²) in [6.45, 7) is 5.08. The van der Waals surface area contributed by atoms with Crippen LogP contribution in [0.3, 0.4) is 0 Å². The molecule has 0 spiro atoms. The molecule has 1 aliphatic carbocycles. The van der Waals surface area contributed by atoms with E-state index in [0.29, 0.717) is 28.1 Å². The predicted octanol–water partition coefficient (Wildman–Crippen LogP) is 3.55. The van der Waals surface area contributed by atoms with Crippen LogP contribution in [0, 0.1) is 29.6 Å². The number of anilines is 1. The fourth-order valence-electron chi connectivity index (χ4n) is 3.26. The Bertz CT molecular complexity index is 1160. The third-order valence-corrected chi connectivity index (χ3v) is 4.84. The third kappa shape index (κ3) is 3.42. The molecule has 0 bridgehead atoms. The standard InChI is InChI=1S/C22H18N4O3/c1-11-16(8-14-4-6-15(7-5-14)29-13(3)22(27)28)19-12(2)18(10-24)21(25)26-20(19)17(11)9-23/h4-8,13H,1-3H3,(H2,25,26)(H,27,28)/b16-8-/t13-/m0/s1. The Kier molecular flexibility index (Phi) is 5.08. The number of rotatable bonds is 4. The number of nitrogens with zero attached hydrogens (tertiary/aromatic N) is 3. The molecule has 1 aromatic carbocycles. The summed E-state index contributed by atoms with van der Waals surface area (Å²) >= 11 is 0. The van der Waals surface area contributed by atoms with E-state index < -0.39 is 12.1 Å². The topological polar surface area (TPSA) is 133 Å². The van der Waals surface area contributed by atoms with Crippen molar-refractivity contribution in [3.05, 3.63) is 57.8 Å². The van der Waals surface area contributed by atoms with Crippen molar-refractivity contribution in [2.24, 2.45) is 0 Å². The predicted molar refractivity (Wildman–Crippen MR) is 108 cm³/mol. The van der Waals surface area contributed by atoms with Crippen molar-refractivity contribution in [1.29, 1.82) is 10.5 Å². The third-order valence-electron chi connectivity index (χ3n) is 4.84. The molecule has 0 aliphatic heterocycles. The van der Waals surface area contributed by atoms with Gasteiger partial charge in [0.05, 0.1) is 16.8 Å². The van der Waals surface area contributed by atoms with E-state index in [1.165, 1.54) is 6.92 Å². The van der Waals surface area contributed by atoms with Gasteiger partial charge in [0.25, 0.3) is 0 Å². The van der Waals surface area contributed by atoms with Crippen LogP contribution in [-0.2, 0) is 4.79 Å². The molecule has 3 N–H and O–H groups in total. The van der Waals surface area contributed by atoms with Crippen molar-refractivity contribution in [3.63, 3.8) is 0 Å². The zero-order valence-corrected chi connectivity index (χ0v) is 16.1. The van der Waals surface area contributed by atoms with E-state index in [9.17, 15) is 15.3 Å². The molecule has 0 unspecified atom stereocenters. The van der Waals surface area contributed by atoms with E-state index in [1.807, 2.05) is 13.0 Å². The minimum absolute atomic E-state index is 0.111. The zero-order chi connectivity index (χ0) is 21.3. The smallest absolute Gasteiger partial charge is 0.344 e. The van der Waals surface area contributed by atoms with Crippen LogP contribution in [-0.4, -0.2) is 22.2 Å². The summed E-state index contributed by atoms with van der Waals surface area (Å²) in [5, 5.41) is 28.0. The Balaban J connectivity index is 2.07. The van der Waals surface area contributed by atoms with Gasteiger partial charge < -0.3 is 15.6 Å². The van der Waals surface area contributed by atoms with Crippen molar-refractivity contribution < 1.29 is 14.6 Å². The molecule has 0 saturated carbocycles. The lowest BCUT2D eigenvalue weighted by molar-refractivity contribution is -0.144. The van der Waals surface area contributed by atoms with Gasteiger partial charge in [-0.15, -0.1) is 0 Å². The first kappa shape index (κ1) is 19.7. The van der Waals surface area contributed by atoms with Gasteiger partial charge in [0.2, 0.25) is 0 Å². The van der Waals surface area contributed by atoms with Crippen molar-refractivity contribution in [2.75, 3.05) is 5.73 Å². The van der Waals surface area contributed by atoms with Crippen molar-refractivity contribution >= 4 is 29.0 Å². The van der Waals surface area contributed by atoms with E-state index >= 15 is 0 Å². The van der Waals surface area contributed by atoms with Gasteiger partial charge in [-0.05, 0) is 61.3 Å². The SMILES string of the molecule is CC1=C(C#N)c2nc(N)c(C#N)c(C)c2/C1=C\c1ccc(O[C@@H](C)C(=O)O)cc1. The molecule has 0 saturated heterocycles. The van der Waals surface area contributed by atoms with Crippen molar-refractivity contribution in [2.45, 2.75) is 26.9 Å². The molecular formula is C22H18N4O3. The fraction of sp³-hybridized carbons (Fsp3) is 0.182. The van der Waals surface area contributed by atoms with Crippen LogP contribution in [0.2, 0.25) is 0 Å². The highest BCUT2D eigenvalue weighted by Crippen LogP contribution is 2.44. The molecule has 29 heavy (non-hydrogen) atoms. The summed E-state index contributed by atoms with van der Waals surface area (Å²) in [4.78, 5) is 15.2. The summed E-state index contributed by atoms with van der Waals surface area (Å²) < 4.78 is 5.34. The van der Waals surface area contributed by atoms with E-state index in [-0.39, 0.29) is 5.82 Å². The average Bonchev–Trinajstić information content (AvgIpc) is 2.94. The molecular weight excluding hydrogens is 368 g/mol. The minimum atomic E-state index is -1.04. The van der Waals surface area contributed by atoms with Gasteiger partial charge in [0.1, 0.15) is 23.7 Å². The summed E-state index contributed by atoms with van der Waals surface area (Å²) in [6.07, 6.45) is 0.947. The number of hydrogen-bond donors (Lipinski definition) is 2. The van der Waals surface area contributed by atoms with E-state index in [1.54, 1.807) is 31.2 Å². The van der Waals surface area contributed by atoms with Crippen LogP contribution in [0.4, 0.5) is 5.82 Å². The van der Waals surface area contributed by atoms with Gasteiger partial charge in [-0.3, -0.25) is 0 Å². The van der Waals surface area contributed by atoms with Gasteiger partial charge >= 0.3 is 5.97 Å². The first-order chi connectivity index (χ1) is 13.8. The van der Waals surface area contributed by atoms with Crippen LogP contribution in [0.1, 0.15) is 41.8 Å². The first-order valence-corrected chi connectivity index (χ1v) is 8.82. The van der Waals surface area contributed by atoms with Gasteiger partial charge in [-0.25, -0.2) is 9.78 Å². The van der Waals surface area contributed by atoms with Gasteiger partial charge in [-0.1, -0.05) is 12.1 Å². The lowest BCUT2D eigenvalue weighted by atomic mass is 9.95. The Hall–Kier alpha value is -4.10. The molecule has 7 nitrogen and oxygen atoms in total. The largest absolute Gasteiger partial charge is 0.479 e. The number of hydrogen-bond acceptors (Lipinski definition) is 6. The minimum Gasteiger partial charge on any atom is -0.479 e. The van der Waals surface area contributed by atoms with Gasteiger partial charge in [-0.2, -0.15) is 10.5 Å². The Morgan fingerprint density at radius 3 is 2.45 bits per heavy atom. The highest BCUT2D eigenvalue weighted by molar-refractivity contribution is 6.08. The second-order valence-electron chi connectivity index (χ2n) is 6.67. The van der Waals surface area contributed by atoms with Crippen molar-refractivity contribution in [3.8, 4) is 17.9 Å². The average molecular weight is 386 g/mol. The number of nitriles is 2. The number of aliphatic carboxylic acids is 1. The molecule has 144 valence electrons. The molecule has 0 fully saturated rings. The summed E-state index contributed by atoms with van der Waals surface area (Å²) in [5.74, 6) is -0.491. The molecule has 0 amide bonds. The maximum absolute atomic E-state index is 10.9. The number of ether oxygens (including phenoxy) is 1. The summed E-state index contributed by atoms with van der Waals surface area (Å²) in [5.41, 5.74) is 10.9. The zero-order valence-electron chi connectivity index (χ0n) is 16.1. The molecule has 1 atom stereocenters. The second kappa shape index (κ2) is 7.49. The Morgan fingerprint density at radius 2 is 1.90 bits per heavy atom. The van der Waals surface area contributed by atoms with Crippen LogP contribution in [0.5, 0.6) is 5.75 Å². The highest BCUT2D eigenvalue weighted by atomic mass is 16.5. The van der Waals surface area contributed by atoms with Crippen LogP contribution >= 0.6 is 0 Å². The lowest BCUT2D eigenvalue weighted by Crippen LogP contribution is -2.22. The van der Waals surface area contributed by atoms with Gasteiger partial charge in [0, 0.05) is 5.56 Å². The summed E-state index contributed by atoms with van der Waals surface area (Å²) in [7, 11) is 0. The number of allylic oxidation sites excluding steroid dienone is 3. The number of carboxylic acid groups (broad SMARTS) is 1. The lowest BCUT2D eigenvalue weighted by Gasteiger charge is -2.12. The van der Waals surface area contributed by atoms with E-state index in [2.05, 4.69) is 17.1 Å². The molecule has 7 heteroatoms. The molecule has 0 radical (unpaired) electrons. The molecule has 1 aromatic heterocycles. The van der Waals surface area contributed by atoms with Crippen LogP contribution < -0.4 is 10.5 Å². The number of aromatic nitrogens is 1. The number of carboxylic acids is 1. The van der Waals surface area contributed by atoms with E-state index in [4.69, 9.17) is 15.6 Å².